The minimum atomic E-state index is -0.589. The second-order valence-corrected chi connectivity index (χ2v) is 7.61. The van der Waals surface area contributed by atoms with Crippen LogP contribution < -0.4 is 0 Å². The average Bonchev–Trinajstić information content (AvgIpc) is 2.88. The van der Waals surface area contributed by atoms with Crippen molar-refractivity contribution in [2.45, 2.75) is 20.8 Å². The summed E-state index contributed by atoms with van der Waals surface area (Å²) in [5.41, 5.74) is 1.19. The molecular weight excluding hydrogens is 345 g/mol. The molecule has 2 aromatic carbocycles. The minimum Gasteiger partial charge on any atom is -0.506 e. The Morgan fingerprint density at radius 2 is 1.75 bits per heavy atom. The van der Waals surface area contributed by atoms with Crippen LogP contribution in [0.1, 0.15) is 25.6 Å². The van der Waals surface area contributed by atoms with Gasteiger partial charge < -0.3 is 5.11 Å². The van der Waals surface area contributed by atoms with Crippen LogP contribution in [0, 0.1) is 5.41 Å². The van der Waals surface area contributed by atoms with E-state index >= 15 is 0 Å². The van der Waals surface area contributed by atoms with Gasteiger partial charge in [0.1, 0.15) is 5.75 Å². The van der Waals surface area contributed by atoms with Gasteiger partial charge in [-0.1, -0.05) is 62.2 Å². The number of benzene rings is 2. The quantitative estimate of drug-likeness (QED) is 0.576. The van der Waals surface area contributed by atoms with E-state index in [9.17, 15) is 9.90 Å². The van der Waals surface area contributed by atoms with E-state index in [4.69, 9.17) is 23.2 Å². The van der Waals surface area contributed by atoms with E-state index in [0.29, 0.717) is 16.3 Å². The van der Waals surface area contributed by atoms with E-state index in [1.54, 1.807) is 10.6 Å². The van der Waals surface area contributed by atoms with Gasteiger partial charge in [0.15, 0.2) is 0 Å². The van der Waals surface area contributed by atoms with Gasteiger partial charge in [-0.15, -0.1) is 0 Å². The molecular formula is C19H17Cl2NO2. The van der Waals surface area contributed by atoms with Crippen molar-refractivity contribution in [1.82, 2.24) is 4.57 Å². The molecule has 1 aromatic heterocycles. The Balaban J connectivity index is 2.39. The van der Waals surface area contributed by atoms with Crippen LogP contribution in [0.3, 0.4) is 0 Å². The first-order valence-corrected chi connectivity index (χ1v) is 8.29. The van der Waals surface area contributed by atoms with Crippen molar-refractivity contribution >= 4 is 40.0 Å². The topological polar surface area (TPSA) is 42.2 Å². The number of aromatic hydroxyl groups is 1. The molecule has 3 nitrogen and oxygen atoms in total. The van der Waals surface area contributed by atoms with Gasteiger partial charge in [-0.05, 0) is 24.3 Å². The highest BCUT2D eigenvalue weighted by atomic mass is 35.5. The third-order valence-corrected chi connectivity index (χ3v) is 4.37. The van der Waals surface area contributed by atoms with Crippen LogP contribution in [-0.2, 0) is 0 Å². The van der Waals surface area contributed by atoms with Crippen LogP contribution in [0.4, 0.5) is 0 Å². The smallest absolute Gasteiger partial charge is 0.236 e. The largest absolute Gasteiger partial charge is 0.506 e. The highest BCUT2D eigenvalue weighted by Crippen LogP contribution is 2.40. The van der Waals surface area contributed by atoms with Gasteiger partial charge in [-0.2, -0.15) is 0 Å². The number of carbonyl (C=O) groups is 1. The summed E-state index contributed by atoms with van der Waals surface area (Å²) in [7, 11) is 0. The normalized spacial score (nSPS) is 11.9. The molecule has 3 rings (SSSR count). The third kappa shape index (κ3) is 2.79. The van der Waals surface area contributed by atoms with Gasteiger partial charge in [0.05, 0.1) is 16.2 Å². The lowest BCUT2D eigenvalue weighted by Crippen LogP contribution is -2.27. The first kappa shape index (κ1) is 16.9. The SMILES string of the molecule is CC(C)(C)C(=O)n1c(-c2cc(Cl)cc(Cl)c2O)cc2ccccc21. The fourth-order valence-corrected chi connectivity index (χ4v) is 3.16. The molecule has 24 heavy (non-hydrogen) atoms. The van der Waals surface area contributed by atoms with E-state index in [0.717, 1.165) is 10.9 Å². The van der Waals surface area contributed by atoms with Crippen LogP contribution in [0.15, 0.2) is 42.5 Å². The molecule has 0 atom stereocenters. The number of hydrogen-bond donors (Lipinski definition) is 1. The fraction of sp³-hybridized carbons (Fsp3) is 0.211. The number of para-hydroxylation sites is 1. The average molecular weight is 362 g/mol. The van der Waals surface area contributed by atoms with E-state index in [1.165, 1.54) is 6.07 Å². The van der Waals surface area contributed by atoms with Crippen molar-refractivity contribution in [1.29, 1.82) is 0 Å². The van der Waals surface area contributed by atoms with Crippen molar-refractivity contribution < 1.29 is 9.90 Å². The summed E-state index contributed by atoms with van der Waals surface area (Å²) in [6.45, 7) is 5.58. The molecule has 3 aromatic rings. The molecule has 5 heteroatoms. The minimum absolute atomic E-state index is 0.0748. The number of hydrogen-bond acceptors (Lipinski definition) is 2. The number of aromatic nitrogens is 1. The molecule has 124 valence electrons. The van der Waals surface area contributed by atoms with Crippen LogP contribution in [0.5, 0.6) is 5.75 Å². The Kier molecular flexibility index (Phi) is 4.10. The molecule has 0 spiro atoms. The lowest BCUT2D eigenvalue weighted by molar-refractivity contribution is 0.0775. The van der Waals surface area contributed by atoms with Crippen LogP contribution >= 0.6 is 23.2 Å². The Morgan fingerprint density at radius 1 is 1.08 bits per heavy atom. The van der Waals surface area contributed by atoms with E-state index in [2.05, 4.69) is 0 Å². The van der Waals surface area contributed by atoms with Crippen LogP contribution in [-0.4, -0.2) is 15.6 Å². The van der Waals surface area contributed by atoms with Crippen molar-refractivity contribution in [3.63, 3.8) is 0 Å². The number of rotatable bonds is 1. The zero-order valence-electron chi connectivity index (χ0n) is 13.6. The predicted molar refractivity (Wildman–Crippen MR) is 99.1 cm³/mol. The van der Waals surface area contributed by atoms with Crippen LogP contribution in [0.25, 0.3) is 22.2 Å². The molecule has 0 aliphatic carbocycles. The number of phenolic OH excluding ortho intramolecular Hbond substituents is 1. The lowest BCUT2D eigenvalue weighted by Gasteiger charge is -2.20. The maximum atomic E-state index is 13.0. The molecule has 0 unspecified atom stereocenters. The van der Waals surface area contributed by atoms with Crippen molar-refractivity contribution in [3.05, 3.63) is 52.5 Å². The molecule has 1 N–H and O–H groups in total. The highest BCUT2D eigenvalue weighted by Gasteiger charge is 2.28. The Labute approximate surface area is 150 Å². The van der Waals surface area contributed by atoms with E-state index < -0.39 is 5.41 Å². The van der Waals surface area contributed by atoms with Crippen molar-refractivity contribution in [2.75, 3.05) is 0 Å². The predicted octanol–water partition coefficient (Wildman–Crippen LogP) is 6.01. The summed E-state index contributed by atoms with van der Waals surface area (Å²) in [5, 5.41) is 11.8. The van der Waals surface area contributed by atoms with Crippen molar-refractivity contribution in [3.8, 4) is 17.0 Å². The molecule has 0 saturated heterocycles. The molecule has 0 aliphatic heterocycles. The van der Waals surface area contributed by atoms with E-state index in [-0.39, 0.29) is 16.7 Å². The molecule has 0 aliphatic rings. The van der Waals surface area contributed by atoms with Gasteiger partial charge in [-0.3, -0.25) is 9.36 Å². The number of nitrogens with zero attached hydrogens (tertiary/aromatic N) is 1. The summed E-state index contributed by atoms with van der Waals surface area (Å²) in [5.74, 6) is -0.166. The maximum absolute atomic E-state index is 13.0. The third-order valence-electron chi connectivity index (χ3n) is 3.86. The van der Waals surface area contributed by atoms with Gasteiger partial charge in [0.25, 0.3) is 0 Å². The summed E-state index contributed by atoms with van der Waals surface area (Å²) in [6, 6.07) is 12.5. The molecule has 0 fully saturated rings. The monoisotopic (exact) mass is 361 g/mol. The first-order valence-electron chi connectivity index (χ1n) is 7.54. The molecule has 0 bridgehead atoms. The number of fused-ring (bicyclic) bond motifs is 1. The van der Waals surface area contributed by atoms with E-state index in [1.807, 2.05) is 51.1 Å². The fourth-order valence-electron chi connectivity index (χ4n) is 2.67. The Morgan fingerprint density at radius 3 is 2.42 bits per heavy atom. The lowest BCUT2D eigenvalue weighted by atomic mass is 9.95. The number of halogens is 2. The maximum Gasteiger partial charge on any atom is 0.236 e. The molecule has 0 saturated carbocycles. The summed E-state index contributed by atoms with van der Waals surface area (Å²) >= 11 is 12.2. The van der Waals surface area contributed by atoms with Gasteiger partial charge >= 0.3 is 0 Å². The second-order valence-electron chi connectivity index (χ2n) is 6.76. The Bertz CT molecular complexity index is 952. The first-order chi connectivity index (χ1) is 11.2. The summed E-state index contributed by atoms with van der Waals surface area (Å²) in [6.07, 6.45) is 0. The highest BCUT2D eigenvalue weighted by molar-refractivity contribution is 6.36. The number of carbonyl (C=O) groups excluding carboxylic acids is 1. The van der Waals surface area contributed by atoms with Crippen molar-refractivity contribution in [2.24, 2.45) is 5.41 Å². The zero-order chi connectivity index (χ0) is 17.6. The molecule has 1 heterocycles. The van der Waals surface area contributed by atoms with Gasteiger partial charge in [-0.25, -0.2) is 0 Å². The summed E-state index contributed by atoms with van der Waals surface area (Å²) < 4.78 is 1.62. The van der Waals surface area contributed by atoms with Gasteiger partial charge in [0.2, 0.25) is 5.91 Å². The number of phenols is 1. The molecule has 0 amide bonds. The summed E-state index contributed by atoms with van der Waals surface area (Å²) in [4.78, 5) is 13.0. The zero-order valence-corrected chi connectivity index (χ0v) is 15.1. The van der Waals surface area contributed by atoms with Crippen LogP contribution in [0.2, 0.25) is 10.0 Å². The molecule has 0 radical (unpaired) electrons. The standard InChI is InChI=1S/C19H17Cl2NO2/c1-19(2,3)18(24)22-15-7-5-4-6-11(15)8-16(22)13-9-12(20)10-14(21)17(13)23/h4-10,23H,1-3H3. The van der Waals surface area contributed by atoms with Gasteiger partial charge in [0, 0.05) is 21.4 Å². The second kappa shape index (κ2) is 5.83. The Hall–Kier alpha value is -1.97.